The first-order valence-corrected chi connectivity index (χ1v) is 8.42. The van der Waals surface area contributed by atoms with Crippen LogP contribution in [0.15, 0.2) is 30.3 Å². The number of nitrogens with zero attached hydrogens (tertiary/aromatic N) is 1. The number of rotatable bonds is 5. The predicted octanol–water partition coefficient (Wildman–Crippen LogP) is 3.23. The van der Waals surface area contributed by atoms with Crippen LogP contribution in [-0.2, 0) is 6.42 Å². The molecule has 2 aliphatic rings. The van der Waals surface area contributed by atoms with Crippen molar-refractivity contribution in [3.8, 4) is 0 Å². The summed E-state index contributed by atoms with van der Waals surface area (Å²) in [6.45, 7) is 3.74. The van der Waals surface area contributed by atoms with Gasteiger partial charge in [0.25, 0.3) is 0 Å². The average Bonchev–Trinajstić information content (AvgIpc) is 2.95. The summed E-state index contributed by atoms with van der Waals surface area (Å²) in [7, 11) is 0. The minimum absolute atomic E-state index is 0.744. The highest BCUT2D eigenvalue weighted by Gasteiger charge is 2.24. The third-order valence-corrected chi connectivity index (χ3v) is 4.91. The summed E-state index contributed by atoms with van der Waals surface area (Å²) in [5.74, 6) is 0. The molecule has 1 aromatic carbocycles. The molecule has 1 saturated carbocycles. The molecule has 0 radical (unpaired) electrons. The number of nitrogens with one attached hydrogen (secondary N) is 1. The second kappa shape index (κ2) is 7.24. The minimum Gasteiger partial charge on any atom is -0.310 e. The Kier molecular flexibility index (Phi) is 5.10. The summed E-state index contributed by atoms with van der Waals surface area (Å²) in [6, 6.07) is 12.4. The molecule has 1 heterocycles. The summed E-state index contributed by atoms with van der Waals surface area (Å²) in [5, 5.41) is 3.90. The van der Waals surface area contributed by atoms with Crippen molar-refractivity contribution >= 4 is 0 Å². The maximum Gasteiger partial charge on any atom is 0.0209 e. The van der Waals surface area contributed by atoms with Crippen LogP contribution in [0.3, 0.4) is 0 Å². The van der Waals surface area contributed by atoms with Crippen LogP contribution < -0.4 is 5.32 Å². The fraction of sp³-hybridized carbons (Fsp3) is 0.667. The van der Waals surface area contributed by atoms with Gasteiger partial charge in [-0.1, -0.05) is 49.6 Å². The molecule has 1 unspecified atom stereocenters. The Balaban J connectivity index is 1.38. The standard InChI is InChI=1S/C18H28N2/c1-3-7-16(8-4-1)11-13-20-14-12-18(15-20)19-17-9-5-2-6-10-17/h1,3-4,7-8,17-19H,2,5-6,9-15H2. The molecule has 1 aliphatic carbocycles. The van der Waals surface area contributed by atoms with E-state index < -0.39 is 0 Å². The normalized spacial score (nSPS) is 25.1. The maximum absolute atomic E-state index is 3.90. The van der Waals surface area contributed by atoms with Gasteiger partial charge in [0.15, 0.2) is 0 Å². The summed E-state index contributed by atoms with van der Waals surface area (Å²) >= 11 is 0. The maximum atomic E-state index is 3.90. The van der Waals surface area contributed by atoms with E-state index in [0.717, 1.165) is 12.1 Å². The van der Waals surface area contributed by atoms with E-state index >= 15 is 0 Å². The largest absolute Gasteiger partial charge is 0.310 e. The van der Waals surface area contributed by atoms with E-state index in [1.807, 2.05) is 0 Å². The third-order valence-electron chi connectivity index (χ3n) is 4.91. The van der Waals surface area contributed by atoms with Gasteiger partial charge in [-0.2, -0.15) is 0 Å². The first-order chi connectivity index (χ1) is 9.90. The summed E-state index contributed by atoms with van der Waals surface area (Å²) in [4.78, 5) is 2.63. The van der Waals surface area contributed by atoms with E-state index in [1.54, 1.807) is 0 Å². The van der Waals surface area contributed by atoms with Crippen LogP contribution in [-0.4, -0.2) is 36.6 Å². The highest BCUT2D eigenvalue weighted by atomic mass is 15.2. The molecule has 0 bridgehead atoms. The monoisotopic (exact) mass is 272 g/mol. The number of hydrogen-bond acceptors (Lipinski definition) is 2. The first kappa shape index (κ1) is 14.1. The molecule has 110 valence electrons. The molecule has 1 aliphatic heterocycles. The zero-order valence-corrected chi connectivity index (χ0v) is 12.6. The minimum atomic E-state index is 0.744. The molecule has 2 heteroatoms. The molecule has 20 heavy (non-hydrogen) atoms. The van der Waals surface area contributed by atoms with E-state index in [9.17, 15) is 0 Å². The lowest BCUT2D eigenvalue weighted by Gasteiger charge is -2.26. The van der Waals surface area contributed by atoms with Gasteiger partial charge in [0.2, 0.25) is 0 Å². The van der Waals surface area contributed by atoms with E-state index in [2.05, 4.69) is 40.5 Å². The molecule has 0 aromatic heterocycles. The van der Waals surface area contributed by atoms with Crippen LogP contribution in [0, 0.1) is 0 Å². The zero-order chi connectivity index (χ0) is 13.6. The summed E-state index contributed by atoms with van der Waals surface area (Å²) in [6.07, 6.45) is 9.65. The second-order valence-electron chi connectivity index (χ2n) is 6.52. The Hall–Kier alpha value is -0.860. The van der Waals surface area contributed by atoms with E-state index in [4.69, 9.17) is 0 Å². The molecule has 0 amide bonds. The van der Waals surface area contributed by atoms with Gasteiger partial charge in [0, 0.05) is 25.2 Å². The van der Waals surface area contributed by atoms with Gasteiger partial charge in [0.05, 0.1) is 0 Å². The predicted molar refractivity (Wildman–Crippen MR) is 85.0 cm³/mol. The lowest BCUT2D eigenvalue weighted by molar-refractivity contribution is 0.306. The van der Waals surface area contributed by atoms with Crippen molar-refractivity contribution in [2.24, 2.45) is 0 Å². The lowest BCUT2D eigenvalue weighted by Crippen LogP contribution is -2.41. The molecule has 0 spiro atoms. The number of likely N-dealkylation sites (tertiary alicyclic amines) is 1. The van der Waals surface area contributed by atoms with Gasteiger partial charge < -0.3 is 10.2 Å². The fourth-order valence-electron chi connectivity index (χ4n) is 3.71. The van der Waals surface area contributed by atoms with Gasteiger partial charge in [-0.3, -0.25) is 0 Å². The highest BCUT2D eigenvalue weighted by Crippen LogP contribution is 2.20. The molecule has 3 rings (SSSR count). The van der Waals surface area contributed by atoms with Gasteiger partial charge in [-0.15, -0.1) is 0 Å². The van der Waals surface area contributed by atoms with Crippen molar-refractivity contribution in [3.05, 3.63) is 35.9 Å². The lowest BCUT2D eigenvalue weighted by atomic mass is 9.95. The Morgan fingerprint density at radius 2 is 1.75 bits per heavy atom. The molecule has 2 nitrogen and oxygen atoms in total. The van der Waals surface area contributed by atoms with Crippen molar-refractivity contribution < 1.29 is 0 Å². The van der Waals surface area contributed by atoms with E-state index in [1.165, 1.54) is 70.1 Å². The number of hydrogen-bond donors (Lipinski definition) is 1. The van der Waals surface area contributed by atoms with Crippen LogP contribution in [0.25, 0.3) is 0 Å². The Morgan fingerprint density at radius 1 is 0.950 bits per heavy atom. The first-order valence-electron chi connectivity index (χ1n) is 8.42. The van der Waals surface area contributed by atoms with Gasteiger partial charge >= 0.3 is 0 Å². The van der Waals surface area contributed by atoms with Crippen LogP contribution in [0.2, 0.25) is 0 Å². The Morgan fingerprint density at radius 3 is 2.55 bits per heavy atom. The summed E-state index contributed by atoms with van der Waals surface area (Å²) in [5.41, 5.74) is 1.47. The van der Waals surface area contributed by atoms with Gasteiger partial charge in [-0.05, 0) is 37.8 Å². The van der Waals surface area contributed by atoms with Crippen LogP contribution in [0.5, 0.6) is 0 Å². The van der Waals surface area contributed by atoms with Crippen molar-refractivity contribution in [1.82, 2.24) is 10.2 Å². The highest BCUT2D eigenvalue weighted by molar-refractivity contribution is 5.14. The van der Waals surface area contributed by atoms with Gasteiger partial charge in [0.1, 0.15) is 0 Å². The second-order valence-corrected chi connectivity index (χ2v) is 6.52. The van der Waals surface area contributed by atoms with Gasteiger partial charge in [-0.25, -0.2) is 0 Å². The van der Waals surface area contributed by atoms with Crippen LogP contribution in [0.4, 0.5) is 0 Å². The van der Waals surface area contributed by atoms with Crippen molar-refractivity contribution in [2.45, 2.75) is 57.0 Å². The molecule has 2 fully saturated rings. The fourth-order valence-corrected chi connectivity index (χ4v) is 3.71. The zero-order valence-electron chi connectivity index (χ0n) is 12.6. The van der Waals surface area contributed by atoms with Crippen molar-refractivity contribution in [3.63, 3.8) is 0 Å². The summed E-state index contributed by atoms with van der Waals surface area (Å²) < 4.78 is 0. The molecule has 1 saturated heterocycles. The van der Waals surface area contributed by atoms with Crippen molar-refractivity contribution in [1.29, 1.82) is 0 Å². The number of benzene rings is 1. The smallest absolute Gasteiger partial charge is 0.0209 e. The molecule has 1 N–H and O–H groups in total. The average molecular weight is 272 g/mol. The molecular formula is C18H28N2. The molecular weight excluding hydrogens is 244 g/mol. The topological polar surface area (TPSA) is 15.3 Å². The third kappa shape index (κ3) is 4.07. The van der Waals surface area contributed by atoms with Crippen LogP contribution >= 0.6 is 0 Å². The Labute approximate surface area is 123 Å². The Bertz CT molecular complexity index is 384. The van der Waals surface area contributed by atoms with Crippen molar-refractivity contribution in [2.75, 3.05) is 19.6 Å². The SMILES string of the molecule is c1ccc(CCN2CCC(NC3CCCCC3)C2)cc1. The van der Waals surface area contributed by atoms with E-state index in [-0.39, 0.29) is 0 Å². The molecule has 1 atom stereocenters. The van der Waals surface area contributed by atoms with Crippen LogP contribution in [0.1, 0.15) is 44.1 Å². The quantitative estimate of drug-likeness (QED) is 0.885. The van der Waals surface area contributed by atoms with E-state index in [0.29, 0.717) is 0 Å². The molecule has 1 aromatic rings.